The number of carbonyl (C=O) groups is 1. The van der Waals surface area contributed by atoms with Crippen molar-refractivity contribution in [1.29, 1.82) is 0 Å². The number of rotatable bonds is 1. The van der Waals surface area contributed by atoms with E-state index in [0.717, 1.165) is 11.2 Å². The van der Waals surface area contributed by atoms with Crippen molar-refractivity contribution in [2.24, 2.45) is 0 Å². The van der Waals surface area contributed by atoms with Crippen LogP contribution >= 0.6 is 0 Å². The van der Waals surface area contributed by atoms with E-state index in [4.69, 9.17) is 0 Å². The van der Waals surface area contributed by atoms with Gasteiger partial charge in [0.2, 0.25) is 0 Å². The van der Waals surface area contributed by atoms with Gasteiger partial charge in [-0.05, 0) is 19.1 Å². The molecule has 0 bridgehead atoms. The van der Waals surface area contributed by atoms with Gasteiger partial charge in [-0.1, -0.05) is 6.07 Å². The van der Waals surface area contributed by atoms with Crippen LogP contribution in [-0.2, 0) is 0 Å². The number of aromatic nitrogens is 2. The molecule has 0 spiro atoms. The Labute approximate surface area is 76.0 Å². The number of Topliss-reactive ketones (excluding diaryl/α,β-unsaturated/α-hetero) is 1. The second-order valence-electron chi connectivity index (χ2n) is 3.03. The van der Waals surface area contributed by atoms with E-state index in [1.807, 2.05) is 35.7 Å². The summed E-state index contributed by atoms with van der Waals surface area (Å²) >= 11 is 0. The van der Waals surface area contributed by atoms with Crippen molar-refractivity contribution in [3.63, 3.8) is 0 Å². The highest BCUT2D eigenvalue weighted by atomic mass is 16.1. The molecule has 0 aliphatic rings. The number of hydrogen-bond donors (Lipinski definition) is 0. The van der Waals surface area contributed by atoms with E-state index in [1.54, 1.807) is 0 Å². The first-order chi connectivity index (χ1) is 6.20. The zero-order chi connectivity index (χ0) is 9.42. The van der Waals surface area contributed by atoms with Crippen molar-refractivity contribution in [1.82, 2.24) is 9.38 Å². The maximum Gasteiger partial charge on any atom is 0.195 e. The fraction of sp³-hybridized carbons (Fsp3) is 0.200. The molecular weight excluding hydrogens is 164 g/mol. The van der Waals surface area contributed by atoms with Gasteiger partial charge >= 0.3 is 0 Å². The smallest absolute Gasteiger partial charge is 0.195 e. The molecule has 0 aliphatic heterocycles. The van der Waals surface area contributed by atoms with Crippen LogP contribution in [-0.4, -0.2) is 15.2 Å². The Balaban J connectivity index is 2.85. The van der Waals surface area contributed by atoms with Gasteiger partial charge in [-0.2, -0.15) is 0 Å². The van der Waals surface area contributed by atoms with Crippen LogP contribution in [0.5, 0.6) is 0 Å². The van der Waals surface area contributed by atoms with Crippen LogP contribution in [0.15, 0.2) is 24.4 Å². The molecule has 66 valence electrons. The van der Waals surface area contributed by atoms with Crippen LogP contribution in [0, 0.1) is 6.92 Å². The average molecular weight is 174 g/mol. The normalized spacial score (nSPS) is 10.6. The minimum Gasteiger partial charge on any atom is -0.297 e. The average Bonchev–Trinajstić information content (AvgIpc) is 2.45. The third-order valence-electron chi connectivity index (χ3n) is 2.05. The number of imidazole rings is 1. The number of pyridine rings is 1. The Hall–Kier alpha value is -1.64. The number of fused-ring (bicyclic) bond motifs is 1. The second-order valence-corrected chi connectivity index (χ2v) is 3.03. The van der Waals surface area contributed by atoms with E-state index in [1.165, 1.54) is 6.92 Å². The Kier molecular flexibility index (Phi) is 1.65. The van der Waals surface area contributed by atoms with Gasteiger partial charge in [-0.3, -0.25) is 9.20 Å². The molecule has 0 aromatic carbocycles. The summed E-state index contributed by atoms with van der Waals surface area (Å²) in [5.41, 5.74) is 1.89. The molecule has 0 N–H and O–H groups in total. The molecule has 2 rings (SSSR count). The summed E-state index contributed by atoms with van der Waals surface area (Å²) in [5, 5.41) is 0. The molecule has 2 aromatic heterocycles. The summed E-state index contributed by atoms with van der Waals surface area (Å²) in [5.74, 6) is 0.502. The minimum absolute atomic E-state index is 0.00528. The molecular formula is C10H10N2O. The highest BCUT2D eigenvalue weighted by Crippen LogP contribution is 2.11. The number of ketones is 1. The molecule has 0 unspecified atom stereocenters. The van der Waals surface area contributed by atoms with E-state index >= 15 is 0 Å². The largest absolute Gasteiger partial charge is 0.297 e. The summed E-state index contributed by atoms with van der Waals surface area (Å²) in [4.78, 5) is 15.4. The molecule has 0 fully saturated rings. The van der Waals surface area contributed by atoms with Gasteiger partial charge in [0.05, 0.1) is 11.2 Å². The van der Waals surface area contributed by atoms with Gasteiger partial charge in [0, 0.05) is 13.1 Å². The molecule has 2 heterocycles. The zero-order valence-electron chi connectivity index (χ0n) is 7.61. The van der Waals surface area contributed by atoms with Gasteiger partial charge in [0.25, 0.3) is 0 Å². The molecule has 3 heteroatoms. The van der Waals surface area contributed by atoms with Crippen molar-refractivity contribution < 1.29 is 4.79 Å². The standard InChI is InChI=1S/C10H10N2O/c1-7-9-5-3-4-6-12(9)10(11-7)8(2)13/h3-6H,1-2H3. The summed E-state index contributed by atoms with van der Waals surface area (Å²) in [6, 6.07) is 5.78. The molecule has 3 nitrogen and oxygen atoms in total. The lowest BCUT2D eigenvalue weighted by Crippen LogP contribution is -1.99. The number of hydrogen-bond acceptors (Lipinski definition) is 2. The minimum atomic E-state index is -0.00528. The first-order valence-electron chi connectivity index (χ1n) is 4.15. The molecule has 0 atom stereocenters. The van der Waals surface area contributed by atoms with Crippen LogP contribution < -0.4 is 0 Å². The lowest BCUT2D eigenvalue weighted by atomic mass is 10.3. The quantitative estimate of drug-likeness (QED) is 0.618. The number of carbonyl (C=O) groups excluding carboxylic acids is 1. The second kappa shape index (κ2) is 2.69. The van der Waals surface area contributed by atoms with Crippen LogP contribution in [0.2, 0.25) is 0 Å². The van der Waals surface area contributed by atoms with Crippen molar-refractivity contribution >= 4 is 11.3 Å². The molecule has 0 amide bonds. The van der Waals surface area contributed by atoms with E-state index in [9.17, 15) is 4.79 Å². The van der Waals surface area contributed by atoms with E-state index in [0.29, 0.717) is 5.82 Å². The maximum absolute atomic E-state index is 11.2. The monoisotopic (exact) mass is 174 g/mol. The van der Waals surface area contributed by atoms with Crippen LogP contribution in [0.3, 0.4) is 0 Å². The lowest BCUT2D eigenvalue weighted by Gasteiger charge is -1.94. The van der Waals surface area contributed by atoms with Crippen LogP contribution in [0.25, 0.3) is 5.52 Å². The summed E-state index contributed by atoms with van der Waals surface area (Å²) in [6.45, 7) is 3.43. The first-order valence-corrected chi connectivity index (χ1v) is 4.15. The Bertz CT molecular complexity index is 471. The number of aryl methyl sites for hydroxylation is 1. The van der Waals surface area contributed by atoms with E-state index < -0.39 is 0 Å². The molecule has 0 radical (unpaired) electrons. The summed E-state index contributed by atoms with van der Waals surface area (Å²) < 4.78 is 1.82. The van der Waals surface area contributed by atoms with E-state index in [-0.39, 0.29) is 5.78 Å². The SMILES string of the molecule is CC(=O)c1nc(C)c2ccccn12. The maximum atomic E-state index is 11.2. The van der Waals surface area contributed by atoms with Crippen LogP contribution in [0.4, 0.5) is 0 Å². The highest BCUT2D eigenvalue weighted by molar-refractivity contribution is 5.91. The van der Waals surface area contributed by atoms with Gasteiger partial charge in [0.1, 0.15) is 0 Å². The molecule has 2 aromatic rings. The predicted molar refractivity (Wildman–Crippen MR) is 49.9 cm³/mol. The summed E-state index contributed by atoms with van der Waals surface area (Å²) in [7, 11) is 0. The fourth-order valence-corrected chi connectivity index (χ4v) is 1.44. The highest BCUT2D eigenvalue weighted by Gasteiger charge is 2.09. The van der Waals surface area contributed by atoms with Crippen molar-refractivity contribution in [2.45, 2.75) is 13.8 Å². The third kappa shape index (κ3) is 1.13. The molecule has 0 saturated carbocycles. The predicted octanol–water partition coefficient (Wildman–Crippen LogP) is 1.85. The summed E-state index contributed by atoms with van der Waals surface area (Å²) in [6.07, 6.45) is 1.85. The van der Waals surface area contributed by atoms with Crippen molar-refractivity contribution in [3.05, 3.63) is 35.9 Å². The van der Waals surface area contributed by atoms with Gasteiger partial charge in [0.15, 0.2) is 11.6 Å². The van der Waals surface area contributed by atoms with Gasteiger partial charge in [-0.25, -0.2) is 4.98 Å². The Morgan fingerprint density at radius 3 is 2.92 bits per heavy atom. The van der Waals surface area contributed by atoms with Crippen LogP contribution in [0.1, 0.15) is 23.2 Å². The number of nitrogens with zero attached hydrogens (tertiary/aromatic N) is 2. The van der Waals surface area contributed by atoms with E-state index in [2.05, 4.69) is 4.98 Å². The van der Waals surface area contributed by atoms with Crippen molar-refractivity contribution in [3.8, 4) is 0 Å². The first kappa shape index (κ1) is 7.98. The van der Waals surface area contributed by atoms with Gasteiger partial charge < -0.3 is 0 Å². The van der Waals surface area contributed by atoms with Gasteiger partial charge in [-0.15, -0.1) is 0 Å². The Morgan fingerprint density at radius 1 is 1.46 bits per heavy atom. The zero-order valence-corrected chi connectivity index (χ0v) is 7.61. The lowest BCUT2D eigenvalue weighted by molar-refractivity contribution is 0.100. The van der Waals surface area contributed by atoms with Crippen molar-refractivity contribution in [2.75, 3.05) is 0 Å². The Morgan fingerprint density at radius 2 is 2.23 bits per heavy atom. The molecule has 0 saturated heterocycles. The molecule has 0 aliphatic carbocycles. The topological polar surface area (TPSA) is 34.4 Å². The third-order valence-corrected chi connectivity index (χ3v) is 2.05. The fourth-order valence-electron chi connectivity index (χ4n) is 1.44. The molecule has 13 heavy (non-hydrogen) atoms.